The molecule has 0 radical (unpaired) electrons. The second-order valence-corrected chi connectivity index (χ2v) is 14.5. The zero-order valence-electron chi connectivity index (χ0n) is 28.9. The molecule has 2 heterocycles. The Kier molecular flexibility index (Phi) is 6.01. The summed E-state index contributed by atoms with van der Waals surface area (Å²) in [6.45, 7) is 4.68. The molecule has 0 unspecified atom stereocenters. The molecule has 0 saturated heterocycles. The van der Waals surface area contributed by atoms with Gasteiger partial charge in [-0.3, -0.25) is 0 Å². The summed E-state index contributed by atoms with van der Waals surface area (Å²) in [5, 5.41) is 6.81. The van der Waals surface area contributed by atoms with Gasteiger partial charge < -0.3 is 13.7 Å². The van der Waals surface area contributed by atoms with Crippen molar-refractivity contribution in [3.63, 3.8) is 0 Å². The van der Waals surface area contributed by atoms with Crippen molar-refractivity contribution in [3.05, 3.63) is 175 Å². The van der Waals surface area contributed by atoms with Crippen LogP contribution in [0.3, 0.4) is 0 Å². The SMILES string of the molecule is CC1(C)c2ccccc2-c2ccc(N(c3ccc4c(c3)oc3ccccc34)c3c(-c4ccccc4)ccc4c3oc3ccc5ccccc5c34)cc21. The largest absolute Gasteiger partial charge is 0.456 e. The molecule has 3 heteroatoms. The van der Waals surface area contributed by atoms with E-state index in [2.05, 4.69) is 170 Å². The molecule has 52 heavy (non-hydrogen) atoms. The Morgan fingerprint density at radius 2 is 1.12 bits per heavy atom. The van der Waals surface area contributed by atoms with Gasteiger partial charge in [0.25, 0.3) is 0 Å². The number of rotatable bonds is 4. The van der Waals surface area contributed by atoms with Crippen LogP contribution < -0.4 is 4.90 Å². The smallest absolute Gasteiger partial charge is 0.160 e. The van der Waals surface area contributed by atoms with Gasteiger partial charge in [-0.15, -0.1) is 0 Å². The van der Waals surface area contributed by atoms with Gasteiger partial charge >= 0.3 is 0 Å². The molecular formula is C49H33NO2. The number of furan rings is 2. The number of hydrogen-bond donors (Lipinski definition) is 0. The maximum atomic E-state index is 7.03. The number of hydrogen-bond acceptors (Lipinski definition) is 3. The van der Waals surface area contributed by atoms with Crippen molar-refractivity contribution in [2.24, 2.45) is 0 Å². The highest BCUT2D eigenvalue weighted by Crippen LogP contribution is 2.53. The van der Waals surface area contributed by atoms with Crippen molar-refractivity contribution in [3.8, 4) is 22.3 Å². The monoisotopic (exact) mass is 667 g/mol. The fourth-order valence-electron chi connectivity index (χ4n) is 8.76. The first-order chi connectivity index (χ1) is 25.5. The highest BCUT2D eigenvalue weighted by molar-refractivity contribution is 6.22. The molecule has 0 atom stereocenters. The maximum absolute atomic E-state index is 7.03. The Labute approximate surface area is 301 Å². The third kappa shape index (κ3) is 4.08. The average molecular weight is 668 g/mol. The van der Waals surface area contributed by atoms with Gasteiger partial charge in [0, 0.05) is 44.3 Å². The van der Waals surface area contributed by atoms with Gasteiger partial charge in [-0.25, -0.2) is 0 Å². The molecule has 2 aromatic heterocycles. The fourth-order valence-corrected chi connectivity index (χ4v) is 8.76. The molecule has 1 aliphatic carbocycles. The Morgan fingerprint density at radius 3 is 2.02 bits per heavy atom. The summed E-state index contributed by atoms with van der Waals surface area (Å²) in [6.07, 6.45) is 0. The first-order valence-electron chi connectivity index (χ1n) is 17.9. The van der Waals surface area contributed by atoms with Crippen molar-refractivity contribution in [1.29, 1.82) is 0 Å². The molecule has 8 aromatic carbocycles. The van der Waals surface area contributed by atoms with Crippen LogP contribution in [0, 0.1) is 0 Å². The summed E-state index contributed by atoms with van der Waals surface area (Å²) in [5.41, 5.74) is 13.8. The van der Waals surface area contributed by atoms with Crippen molar-refractivity contribution in [2.45, 2.75) is 19.3 Å². The zero-order valence-corrected chi connectivity index (χ0v) is 28.9. The van der Waals surface area contributed by atoms with E-state index in [-0.39, 0.29) is 5.41 Å². The van der Waals surface area contributed by atoms with E-state index in [0.717, 1.165) is 72.1 Å². The molecule has 246 valence electrons. The standard InChI is InChI=1S/C49H33NO2/c1-49(2)41-18-10-8-16-36(41)37-23-21-32(28-42(37)49)50(33-22-24-39-38-17-9-11-19-43(38)51-45(39)29-33)47-35(30-12-4-3-5-13-30)25-26-40-46-34-15-7-6-14-31(34)20-27-44(46)52-48(40)47/h3-29H,1-2H3. The van der Waals surface area contributed by atoms with Crippen molar-refractivity contribution < 1.29 is 8.83 Å². The van der Waals surface area contributed by atoms with Gasteiger partial charge in [0.1, 0.15) is 16.7 Å². The van der Waals surface area contributed by atoms with Crippen LogP contribution in [0.2, 0.25) is 0 Å². The molecular weight excluding hydrogens is 635 g/mol. The maximum Gasteiger partial charge on any atom is 0.160 e. The lowest BCUT2D eigenvalue weighted by Gasteiger charge is -2.30. The molecule has 0 spiro atoms. The van der Waals surface area contributed by atoms with Crippen LogP contribution in [-0.4, -0.2) is 0 Å². The van der Waals surface area contributed by atoms with Gasteiger partial charge in [-0.05, 0) is 81.1 Å². The lowest BCUT2D eigenvalue weighted by molar-refractivity contribution is 0.660. The van der Waals surface area contributed by atoms with Gasteiger partial charge in [0.05, 0.1) is 11.4 Å². The van der Waals surface area contributed by atoms with Gasteiger partial charge in [0.15, 0.2) is 5.58 Å². The van der Waals surface area contributed by atoms with Gasteiger partial charge in [-0.2, -0.15) is 0 Å². The number of benzene rings is 8. The molecule has 0 N–H and O–H groups in total. The fraction of sp³-hybridized carbons (Fsp3) is 0.0612. The summed E-state index contributed by atoms with van der Waals surface area (Å²) >= 11 is 0. The minimum absolute atomic E-state index is 0.164. The molecule has 0 amide bonds. The second-order valence-electron chi connectivity index (χ2n) is 14.5. The Bertz CT molecular complexity index is 3050. The van der Waals surface area contributed by atoms with Crippen LogP contribution in [0.5, 0.6) is 0 Å². The van der Waals surface area contributed by atoms with E-state index in [0.29, 0.717) is 0 Å². The van der Waals surface area contributed by atoms with E-state index in [1.54, 1.807) is 0 Å². The minimum atomic E-state index is -0.164. The van der Waals surface area contributed by atoms with Crippen LogP contribution in [0.4, 0.5) is 17.1 Å². The third-order valence-corrected chi connectivity index (χ3v) is 11.3. The summed E-state index contributed by atoms with van der Waals surface area (Å²) in [6, 6.07) is 58.7. The van der Waals surface area contributed by atoms with Gasteiger partial charge in [0.2, 0.25) is 0 Å². The zero-order chi connectivity index (χ0) is 34.6. The number of anilines is 3. The minimum Gasteiger partial charge on any atom is -0.456 e. The average Bonchev–Trinajstić information content (AvgIpc) is 3.83. The van der Waals surface area contributed by atoms with Crippen LogP contribution in [0.15, 0.2) is 173 Å². The van der Waals surface area contributed by atoms with Crippen LogP contribution in [-0.2, 0) is 5.41 Å². The molecule has 3 nitrogen and oxygen atoms in total. The van der Waals surface area contributed by atoms with Gasteiger partial charge in [-0.1, -0.05) is 129 Å². The van der Waals surface area contributed by atoms with Crippen LogP contribution in [0.25, 0.3) is 76.9 Å². The lowest BCUT2D eigenvalue weighted by atomic mass is 9.82. The van der Waals surface area contributed by atoms with E-state index in [1.165, 1.54) is 33.0 Å². The highest BCUT2D eigenvalue weighted by Gasteiger charge is 2.36. The number of para-hydroxylation sites is 1. The predicted molar refractivity (Wildman–Crippen MR) is 216 cm³/mol. The molecule has 0 saturated carbocycles. The Hall–Kier alpha value is -6.58. The second kappa shape index (κ2) is 10.7. The molecule has 0 aliphatic heterocycles. The quantitative estimate of drug-likeness (QED) is 0.187. The normalized spacial score (nSPS) is 13.3. The lowest BCUT2D eigenvalue weighted by Crippen LogP contribution is -2.17. The molecule has 10 aromatic rings. The van der Waals surface area contributed by atoms with Crippen LogP contribution in [0.1, 0.15) is 25.0 Å². The summed E-state index contributed by atoms with van der Waals surface area (Å²) in [5.74, 6) is 0. The first kappa shape index (κ1) is 29.2. The van der Waals surface area contributed by atoms with E-state index in [4.69, 9.17) is 8.83 Å². The molecule has 0 fully saturated rings. The Morgan fingerprint density at radius 1 is 0.442 bits per heavy atom. The number of fused-ring (bicyclic) bond motifs is 11. The van der Waals surface area contributed by atoms with Crippen LogP contribution >= 0.6 is 0 Å². The molecule has 0 bridgehead atoms. The number of nitrogens with zero attached hydrogens (tertiary/aromatic N) is 1. The molecule has 1 aliphatic rings. The topological polar surface area (TPSA) is 29.5 Å². The van der Waals surface area contributed by atoms with E-state index in [1.807, 2.05) is 12.1 Å². The summed E-state index contributed by atoms with van der Waals surface area (Å²) in [7, 11) is 0. The van der Waals surface area contributed by atoms with Crippen molar-refractivity contribution >= 4 is 71.7 Å². The highest BCUT2D eigenvalue weighted by atomic mass is 16.3. The summed E-state index contributed by atoms with van der Waals surface area (Å²) in [4.78, 5) is 2.39. The van der Waals surface area contributed by atoms with Crippen molar-refractivity contribution in [2.75, 3.05) is 4.90 Å². The Balaban J connectivity index is 1.26. The first-order valence-corrected chi connectivity index (χ1v) is 17.9. The van der Waals surface area contributed by atoms with E-state index in [9.17, 15) is 0 Å². The predicted octanol–water partition coefficient (Wildman–Crippen LogP) is 14.1. The molecule has 11 rings (SSSR count). The third-order valence-electron chi connectivity index (χ3n) is 11.3. The van der Waals surface area contributed by atoms with Crippen molar-refractivity contribution in [1.82, 2.24) is 0 Å². The van der Waals surface area contributed by atoms with E-state index >= 15 is 0 Å². The van der Waals surface area contributed by atoms with E-state index < -0.39 is 0 Å². The summed E-state index contributed by atoms with van der Waals surface area (Å²) < 4.78 is 13.5.